The van der Waals surface area contributed by atoms with E-state index in [2.05, 4.69) is 34.0 Å². The Kier molecular flexibility index (Phi) is 3.43. The standard InChI is InChI=1S/C10H12INOS/c11-4-5-12-10(13)9-6-7-2-1-3-8(7)14-9/h6H,1-5H2,(H,12,13). The fraction of sp³-hybridized carbons (Fsp3) is 0.500. The molecule has 0 atom stereocenters. The van der Waals surface area contributed by atoms with E-state index >= 15 is 0 Å². The van der Waals surface area contributed by atoms with E-state index in [-0.39, 0.29) is 5.91 Å². The van der Waals surface area contributed by atoms with Gasteiger partial charge in [-0.15, -0.1) is 11.3 Å². The van der Waals surface area contributed by atoms with Crippen LogP contribution in [0.4, 0.5) is 0 Å². The van der Waals surface area contributed by atoms with Crippen molar-refractivity contribution in [2.75, 3.05) is 11.0 Å². The molecule has 0 bridgehead atoms. The Morgan fingerprint density at radius 2 is 2.43 bits per heavy atom. The van der Waals surface area contributed by atoms with Gasteiger partial charge >= 0.3 is 0 Å². The lowest BCUT2D eigenvalue weighted by Crippen LogP contribution is -2.24. The van der Waals surface area contributed by atoms with Gasteiger partial charge in [0.1, 0.15) is 0 Å². The SMILES string of the molecule is O=C(NCCI)c1cc2c(s1)CCC2. The smallest absolute Gasteiger partial charge is 0.261 e. The molecule has 14 heavy (non-hydrogen) atoms. The molecule has 0 unspecified atom stereocenters. The minimum absolute atomic E-state index is 0.0982. The minimum atomic E-state index is 0.0982. The summed E-state index contributed by atoms with van der Waals surface area (Å²) in [5.74, 6) is 0.0982. The Morgan fingerprint density at radius 3 is 3.14 bits per heavy atom. The lowest BCUT2D eigenvalue weighted by molar-refractivity contribution is 0.0960. The number of alkyl halides is 1. The number of carbonyl (C=O) groups excluding carboxylic acids is 1. The van der Waals surface area contributed by atoms with Gasteiger partial charge in [0.05, 0.1) is 4.88 Å². The van der Waals surface area contributed by atoms with Crippen LogP contribution in [0.2, 0.25) is 0 Å². The van der Waals surface area contributed by atoms with Gasteiger partial charge < -0.3 is 5.32 Å². The highest BCUT2D eigenvalue weighted by atomic mass is 127. The van der Waals surface area contributed by atoms with E-state index < -0.39 is 0 Å². The molecule has 76 valence electrons. The number of nitrogens with one attached hydrogen (secondary N) is 1. The van der Waals surface area contributed by atoms with Crippen molar-refractivity contribution in [1.82, 2.24) is 5.32 Å². The molecule has 1 aliphatic carbocycles. The number of carbonyl (C=O) groups is 1. The first-order chi connectivity index (χ1) is 6.81. The summed E-state index contributed by atoms with van der Waals surface area (Å²) < 4.78 is 0.967. The van der Waals surface area contributed by atoms with Crippen LogP contribution in [-0.2, 0) is 12.8 Å². The van der Waals surface area contributed by atoms with E-state index in [1.807, 2.05) is 0 Å². The maximum absolute atomic E-state index is 11.6. The molecular weight excluding hydrogens is 309 g/mol. The van der Waals surface area contributed by atoms with Crippen molar-refractivity contribution in [3.8, 4) is 0 Å². The molecule has 0 fully saturated rings. The molecule has 0 saturated carbocycles. The summed E-state index contributed by atoms with van der Waals surface area (Å²) in [5, 5.41) is 2.90. The van der Waals surface area contributed by atoms with E-state index in [1.165, 1.54) is 23.3 Å². The van der Waals surface area contributed by atoms with Crippen molar-refractivity contribution in [2.24, 2.45) is 0 Å². The molecule has 0 saturated heterocycles. The van der Waals surface area contributed by atoms with Gasteiger partial charge in [0.25, 0.3) is 5.91 Å². The van der Waals surface area contributed by atoms with Crippen LogP contribution >= 0.6 is 33.9 Å². The summed E-state index contributed by atoms with van der Waals surface area (Å²) in [7, 11) is 0. The van der Waals surface area contributed by atoms with Crippen LogP contribution in [0, 0.1) is 0 Å². The van der Waals surface area contributed by atoms with Crippen LogP contribution in [0.3, 0.4) is 0 Å². The zero-order chi connectivity index (χ0) is 9.97. The fourth-order valence-corrected chi connectivity index (χ4v) is 3.13. The third-order valence-corrected chi connectivity index (χ3v) is 4.13. The zero-order valence-electron chi connectivity index (χ0n) is 7.81. The molecule has 1 aromatic heterocycles. The zero-order valence-corrected chi connectivity index (χ0v) is 10.8. The summed E-state index contributed by atoms with van der Waals surface area (Å²) in [4.78, 5) is 13.9. The topological polar surface area (TPSA) is 29.1 Å². The molecule has 1 aliphatic rings. The Morgan fingerprint density at radius 1 is 1.57 bits per heavy atom. The number of hydrogen-bond acceptors (Lipinski definition) is 2. The summed E-state index contributed by atoms with van der Waals surface area (Å²) >= 11 is 3.93. The second-order valence-corrected chi connectivity index (χ2v) is 5.57. The third kappa shape index (κ3) is 2.11. The van der Waals surface area contributed by atoms with Crippen LogP contribution in [0.25, 0.3) is 0 Å². The number of hydrogen-bond donors (Lipinski definition) is 1. The van der Waals surface area contributed by atoms with Gasteiger partial charge in [-0.3, -0.25) is 4.79 Å². The lowest BCUT2D eigenvalue weighted by atomic mass is 10.2. The molecular formula is C10H12INOS. The van der Waals surface area contributed by atoms with Gasteiger partial charge in [0, 0.05) is 15.8 Å². The molecule has 2 rings (SSSR count). The number of fused-ring (bicyclic) bond motifs is 1. The molecule has 4 heteroatoms. The summed E-state index contributed by atoms with van der Waals surface area (Å²) in [6.45, 7) is 0.766. The molecule has 0 spiro atoms. The normalized spacial score (nSPS) is 14.1. The number of aryl methyl sites for hydroxylation is 2. The largest absolute Gasteiger partial charge is 0.351 e. The van der Waals surface area contributed by atoms with E-state index in [1.54, 1.807) is 11.3 Å². The summed E-state index contributed by atoms with van der Waals surface area (Å²) in [6, 6.07) is 2.07. The number of halogens is 1. The molecule has 1 N–H and O–H groups in total. The summed E-state index contributed by atoms with van der Waals surface area (Å²) in [6.07, 6.45) is 3.59. The van der Waals surface area contributed by atoms with Crippen LogP contribution in [0.1, 0.15) is 26.5 Å². The maximum Gasteiger partial charge on any atom is 0.261 e. The van der Waals surface area contributed by atoms with Crippen molar-refractivity contribution in [1.29, 1.82) is 0 Å². The third-order valence-electron chi connectivity index (χ3n) is 2.35. The summed E-state index contributed by atoms with van der Waals surface area (Å²) in [5.41, 5.74) is 1.40. The quantitative estimate of drug-likeness (QED) is 0.672. The van der Waals surface area contributed by atoms with E-state index in [0.29, 0.717) is 0 Å². The monoisotopic (exact) mass is 321 g/mol. The van der Waals surface area contributed by atoms with Crippen LogP contribution in [0.15, 0.2) is 6.07 Å². The predicted molar refractivity (Wildman–Crippen MR) is 67.6 cm³/mol. The molecule has 2 nitrogen and oxygen atoms in total. The minimum Gasteiger partial charge on any atom is -0.351 e. The Labute approximate surface area is 101 Å². The average Bonchev–Trinajstić information content (AvgIpc) is 2.72. The Hall–Kier alpha value is -0.100. The molecule has 1 amide bonds. The number of thiophene rings is 1. The highest BCUT2D eigenvalue weighted by Crippen LogP contribution is 2.30. The van der Waals surface area contributed by atoms with Gasteiger partial charge in [-0.2, -0.15) is 0 Å². The van der Waals surface area contributed by atoms with E-state index in [9.17, 15) is 4.79 Å². The first-order valence-electron chi connectivity index (χ1n) is 4.77. The van der Waals surface area contributed by atoms with Crippen molar-refractivity contribution in [3.05, 3.63) is 21.4 Å². The number of rotatable bonds is 3. The van der Waals surface area contributed by atoms with Crippen molar-refractivity contribution in [3.63, 3.8) is 0 Å². The molecule has 0 radical (unpaired) electrons. The van der Waals surface area contributed by atoms with Crippen molar-refractivity contribution in [2.45, 2.75) is 19.3 Å². The highest BCUT2D eigenvalue weighted by molar-refractivity contribution is 14.1. The molecule has 0 aromatic carbocycles. The van der Waals surface area contributed by atoms with Gasteiger partial charge in [0.15, 0.2) is 0 Å². The molecule has 1 heterocycles. The van der Waals surface area contributed by atoms with Crippen LogP contribution < -0.4 is 5.32 Å². The van der Waals surface area contributed by atoms with Gasteiger partial charge in [0.2, 0.25) is 0 Å². The van der Waals surface area contributed by atoms with Crippen molar-refractivity contribution >= 4 is 39.8 Å². The van der Waals surface area contributed by atoms with Crippen LogP contribution in [-0.4, -0.2) is 16.9 Å². The fourth-order valence-electron chi connectivity index (χ4n) is 1.69. The molecule has 1 aromatic rings. The lowest BCUT2D eigenvalue weighted by Gasteiger charge is -1.99. The number of amides is 1. The Balaban J connectivity index is 2.06. The average molecular weight is 321 g/mol. The Bertz CT molecular complexity index is 326. The van der Waals surface area contributed by atoms with Gasteiger partial charge in [-0.05, 0) is 30.9 Å². The van der Waals surface area contributed by atoms with E-state index in [0.717, 1.165) is 22.3 Å². The van der Waals surface area contributed by atoms with E-state index in [4.69, 9.17) is 0 Å². The second kappa shape index (κ2) is 4.61. The first kappa shape index (κ1) is 10.4. The van der Waals surface area contributed by atoms with Crippen LogP contribution in [0.5, 0.6) is 0 Å². The second-order valence-electron chi connectivity index (χ2n) is 3.36. The van der Waals surface area contributed by atoms with Gasteiger partial charge in [-0.1, -0.05) is 22.6 Å². The van der Waals surface area contributed by atoms with Gasteiger partial charge in [-0.25, -0.2) is 0 Å². The maximum atomic E-state index is 11.6. The molecule has 0 aliphatic heterocycles. The first-order valence-corrected chi connectivity index (χ1v) is 7.11. The van der Waals surface area contributed by atoms with Crippen molar-refractivity contribution < 1.29 is 4.79 Å². The highest BCUT2D eigenvalue weighted by Gasteiger charge is 2.17. The predicted octanol–water partition coefficient (Wildman–Crippen LogP) is 2.40.